The first-order chi connectivity index (χ1) is 7.52. The molecule has 4 nitrogen and oxygen atoms in total. The number of halogens is 1. The lowest BCUT2D eigenvalue weighted by molar-refractivity contribution is -0.138. The fourth-order valence-electron chi connectivity index (χ4n) is 1.79. The third-order valence-electron chi connectivity index (χ3n) is 2.65. The van der Waals surface area contributed by atoms with E-state index in [1.54, 1.807) is 6.92 Å². The van der Waals surface area contributed by atoms with Gasteiger partial charge in [0, 0.05) is 0 Å². The Hall–Kier alpha value is -1.23. The van der Waals surface area contributed by atoms with Crippen LogP contribution in [0.1, 0.15) is 24.0 Å². The molecule has 1 aliphatic heterocycles. The molecule has 1 aromatic carbocycles. The fourth-order valence-corrected chi connectivity index (χ4v) is 2.76. The number of aryl methyl sites for hydroxylation is 1. The molecule has 0 amide bonds. The molecule has 1 aliphatic rings. The van der Waals surface area contributed by atoms with E-state index in [0.717, 1.165) is 11.1 Å². The average Bonchev–Trinajstić information content (AvgIpc) is 2.65. The highest BCUT2D eigenvalue weighted by molar-refractivity contribution is 9.10. The third-order valence-corrected chi connectivity index (χ3v) is 3.44. The minimum absolute atomic E-state index is 0.179. The number of benzene rings is 1. The summed E-state index contributed by atoms with van der Waals surface area (Å²) in [6, 6.07) is 1.81. The monoisotopic (exact) mass is 286 g/mol. The molecule has 1 N–H and O–H groups in total. The standard InChI is InChI=1S/C11H11BrO4/c1-5-3-7-10(16-4-15-7)9(12)8(5)6(2)11(13)14/h3,6H,4H2,1-2H3,(H,13,14). The number of ether oxygens (including phenoxy) is 2. The van der Waals surface area contributed by atoms with Crippen molar-refractivity contribution in [3.63, 3.8) is 0 Å². The predicted octanol–water partition coefficient (Wildman–Crippen LogP) is 2.67. The average molecular weight is 287 g/mol. The van der Waals surface area contributed by atoms with Crippen LogP contribution in [0.4, 0.5) is 0 Å². The lowest BCUT2D eigenvalue weighted by Gasteiger charge is -2.14. The van der Waals surface area contributed by atoms with Crippen LogP contribution in [-0.4, -0.2) is 17.9 Å². The van der Waals surface area contributed by atoms with Gasteiger partial charge in [0.25, 0.3) is 0 Å². The van der Waals surface area contributed by atoms with Crippen molar-refractivity contribution in [1.82, 2.24) is 0 Å². The summed E-state index contributed by atoms with van der Waals surface area (Å²) in [4.78, 5) is 11.0. The second-order valence-electron chi connectivity index (χ2n) is 3.71. The molecule has 16 heavy (non-hydrogen) atoms. The maximum Gasteiger partial charge on any atom is 0.310 e. The Bertz CT molecular complexity index is 456. The molecule has 0 radical (unpaired) electrons. The van der Waals surface area contributed by atoms with Gasteiger partial charge in [-0.3, -0.25) is 4.79 Å². The normalized spacial score (nSPS) is 14.9. The maximum atomic E-state index is 11.0. The van der Waals surface area contributed by atoms with Gasteiger partial charge in [-0.05, 0) is 47.0 Å². The quantitative estimate of drug-likeness (QED) is 0.908. The lowest BCUT2D eigenvalue weighted by atomic mass is 9.96. The van der Waals surface area contributed by atoms with Gasteiger partial charge in [-0.2, -0.15) is 0 Å². The van der Waals surface area contributed by atoms with Crippen molar-refractivity contribution in [3.05, 3.63) is 21.7 Å². The van der Waals surface area contributed by atoms with Crippen LogP contribution >= 0.6 is 15.9 Å². The molecule has 1 heterocycles. The van der Waals surface area contributed by atoms with Crippen LogP contribution in [0.5, 0.6) is 11.5 Å². The first kappa shape index (κ1) is 11.3. The van der Waals surface area contributed by atoms with Crippen molar-refractivity contribution in [3.8, 4) is 11.5 Å². The van der Waals surface area contributed by atoms with Crippen LogP contribution in [0.15, 0.2) is 10.5 Å². The largest absolute Gasteiger partial charge is 0.481 e. The zero-order chi connectivity index (χ0) is 11.9. The van der Waals surface area contributed by atoms with E-state index in [0.29, 0.717) is 16.0 Å². The Kier molecular flexibility index (Phi) is 2.80. The van der Waals surface area contributed by atoms with Crippen molar-refractivity contribution in [2.24, 2.45) is 0 Å². The van der Waals surface area contributed by atoms with E-state index >= 15 is 0 Å². The van der Waals surface area contributed by atoms with Crippen LogP contribution in [0.2, 0.25) is 0 Å². The number of carbonyl (C=O) groups is 1. The van der Waals surface area contributed by atoms with Crippen LogP contribution in [0, 0.1) is 6.92 Å². The van der Waals surface area contributed by atoms with Crippen molar-refractivity contribution < 1.29 is 19.4 Å². The Morgan fingerprint density at radius 2 is 2.25 bits per heavy atom. The molecule has 2 rings (SSSR count). The predicted molar refractivity (Wildman–Crippen MR) is 61.1 cm³/mol. The molecular formula is C11H11BrO4. The summed E-state index contributed by atoms with van der Waals surface area (Å²) in [5, 5.41) is 9.04. The SMILES string of the molecule is Cc1cc2c(c(Br)c1C(C)C(=O)O)OCO2. The zero-order valence-corrected chi connectivity index (χ0v) is 10.5. The number of carboxylic acids is 1. The van der Waals surface area contributed by atoms with Gasteiger partial charge in [0.05, 0.1) is 10.4 Å². The van der Waals surface area contributed by atoms with Gasteiger partial charge >= 0.3 is 5.97 Å². The van der Waals surface area contributed by atoms with Gasteiger partial charge in [-0.15, -0.1) is 0 Å². The third kappa shape index (κ3) is 1.65. The summed E-state index contributed by atoms with van der Waals surface area (Å²) < 4.78 is 11.2. The minimum Gasteiger partial charge on any atom is -0.481 e. The summed E-state index contributed by atoms with van der Waals surface area (Å²) in [5.74, 6) is -0.189. The highest BCUT2D eigenvalue weighted by Crippen LogP contribution is 2.45. The number of carboxylic acid groups (broad SMARTS) is 1. The van der Waals surface area contributed by atoms with Crippen LogP contribution in [0.3, 0.4) is 0 Å². The van der Waals surface area contributed by atoms with E-state index in [-0.39, 0.29) is 6.79 Å². The topological polar surface area (TPSA) is 55.8 Å². The smallest absolute Gasteiger partial charge is 0.310 e. The fraction of sp³-hybridized carbons (Fsp3) is 0.364. The van der Waals surface area contributed by atoms with Crippen molar-refractivity contribution in [2.45, 2.75) is 19.8 Å². The van der Waals surface area contributed by atoms with Crippen LogP contribution in [0.25, 0.3) is 0 Å². The van der Waals surface area contributed by atoms with Crippen molar-refractivity contribution in [1.29, 1.82) is 0 Å². The number of hydrogen-bond acceptors (Lipinski definition) is 3. The Morgan fingerprint density at radius 1 is 1.56 bits per heavy atom. The first-order valence-electron chi connectivity index (χ1n) is 4.83. The van der Waals surface area contributed by atoms with Gasteiger partial charge in [0.15, 0.2) is 11.5 Å². The van der Waals surface area contributed by atoms with Crippen LogP contribution in [-0.2, 0) is 4.79 Å². The second kappa shape index (κ2) is 3.97. The van der Waals surface area contributed by atoms with E-state index in [1.165, 1.54) is 0 Å². The van der Waals surface area contributed by atoms with Gasteiger partial charge in [-0.25, -0.2) is 0 Å². The van der Waals surface area contributed by atoms with Gasteiger partial charge in [-0.1, -0.05) is 0 Å². The molecule has 0 spiro atoms. The Balaban J connectivity index is 2.58. The number of hydrogen-bond donors (Lipinski definition) is 1. The summed E-state index contributed by atoms with van der Waals surface area (Å²) in [5.41, 5.74) is 1.61. The molecule has 0 fully saturated rings. The van der Waals surface area contributed by atoms with Crippen molar-refractivity contribution in [2.75, 3.05) is 6.79 Å². The van der Waals surface area contributed by atoms with Gasteiger partial charge in [0.2, 0.25) is 6.79 Å². The summed E-state index contributed by atoms with van der Waals surface area (Å²) >= 11 is 3.38. The van der Waals surface area contributed by atoms with Gasteiger partial charge in [0.1, 0.15) is 0 Å². The Labute approximate surface area is 101 Å². The molecule has 0 saturated carbocycles. The molecular weight excluding hydrogens is 276 g/mol. The van der Waals surface area contributed by atoms with E-state index in [2.05, 4.69) is 15.9 Å². The summed E-state index contributed by atoms with van der Waals surface area (Å²) in [6.07, 6.45) is 0. The molecule has 0 aliphatic carbocycles. The Morgan fingerprint density at radius 3 is 2.88 bits per heavy atom. The maximum absolute atomic E-state index is 11.0. The number of aliphatic carboxylic acids is 1. The zero-order valence-electron chi connectivity index (χ0n) is 8.91. The molecule has 0 aromatic heterocycles. The summed E-state index contributed by atoms with van der Waals surface area (Å²) in [7, 11) is 0. The molecule has 0 saturated heterocycles. The second-order valence-corrected chi connectivity index (χ2v) is 4.51. The van der Waals surface area contributed by atoms with Crippen molar-refractivity contribution >= 4 is 21.9 Å². The minimum atomic E-state index is -0.859. The van der Waals surface area contributed by atoms with E-state index in [1.807, 2.05) is 13.0 Å². The summed E-state index contributed by atoms with van der Waals surface area (Å²) in [6.45, 7) is 3.69. The molecule has 86 valence electrons. The molecule has 5 heteroatoms. The number of rotatable bonds is 2. The van der Waals surface area contributed by atoms with E-state index in [9.17, 15) is 4.79 Å². The first-order valence-corrected chi connectivity index (χ1v) is 5.63. The highest BCUT2D eigenvalue weighted by Gasteiger charge is 2.26. The molecule has 1 aromatic rings. The highest BCUT2D eigenvalue weighted by atomic mass is 79.9. The lowest BCUT2D eigenvalue weighted by Crippen LogP contribution is -2.10. The number of fused-ring (bicyclic) bond motifs is 1. The van der Waals surface area contributed by atoms with Gasteiger partial charge < -0.3 is 14.6 Å². The van der Waals surface area contributed by atoms with Crippen LogP contribution < -0.4 is 9.47 Å². The molecule has 1 atom stereocenters. The molecule has 1 unspecified atom stereocenters. The van der Waals surface area contributed by atoms with E-state index < -0.39 is 11.9 Å². The molecule has 0 bridgehead atoms. The van der Waals surface area contributed by atoms with E-state index in [4.69, 9.17) is 14.6 Å².